The average Bonchev–Trinajstić information content (AvgIpc) is 3.24. The lowest BCUT2D eigenvalue weighted by molar-refractivity contribution is -0.120. The minimum atomic E-state index is -0.320. The Morgan fingerprint density at radius 3 is 2.53 bits per heavy atom. The molecule has 0 saturated heterocycles. The van der Waals surface area contributed by atoms with Gasteiger partial charge in [0.25, 0.3) is 0 Å². The molecule has 2 aromatic carbocycles. The number of rotatable bonds is 5. The van der Waals surface area contributed by atoms with E-state index >= 15 is 0 Å². The summed E-state index contributed by atoms with van der Waals surface area (Å²) in [7, 11) is 0. The standard InChI is InChI=1S/C24H23FN6O/c25-19-14-8-7-13-18(19)15-31-23-20(29-30-31)22(28-24(32)17-11-5-2-6-12-17)26-21(27-23)16-9-3-1-4-10-16/h1,3-4,7-10,13-14,17H,2,5-6,11-12,15H2,(H,26,27,28,32). The van der Waals surface area contributed by atoms with Crippen LogP contribution in [0.4, 0.5) is 10.2 Å². The predicted octanol–water partition coefficient (Wildman–Crippen LogP) is 4.59. The zero-order valence-electron chi connectivity index (χ0n) is 17.5. The fourth-order valence-electron chi connectivity index (χ4n) is 4.14. The first-order valence-corrected chi connectivity index (χ1v) is 10.9. The van der Waals surface area contributed by atoms with Gasteiger partial charge in [0.1, 0.15) is 5.82 Å². The maximum absolute atomic E-state index is 14.2. The maximum Gasteiger partial charge on any atom is 0.228 e. The van der Waals surface area contributed by atoms with Crippen molar-refractivity contribution in [2.24, 2.45) is 5.92 Å². The SMILES string of the molecule is O=C(Nc1nc(-c2ccccc2)nc2c1nnn2Cc1ccccc1F)C1CCCCC1. The average molecular weight is 430 g/mol. The third kappa shape index (κ3) is 4.08. The van der Waals surface area contributed by atoms with Crippen LogP contribution in [0.5, 0.6) is 0 Å². The summed E-state index contributed by atoms with van der Waals surface area (Å²) in [5.74, 6) is 0.396. The fourth-order valence-corrected chi connectivity index (χ4v) is 4.14. The molecule has 2 heterocycles. The highest BCUT2D eigenvalue weighted by Gasteiger charge is 2.24. The highest BCUT2D eigenvalue weighted by atomic mass is 19.1. The Hall–Kier alpha value is -3.68. The summed E-state index contributed by atoms with van der Waals surface area (Å²) in [4.78, 5) is 22.2. The van der Waals surface area contributed by atoms with Crippen molar-refractivity contribution >= 4 is 22.9 Å². The number of anilines is 1. The monoisotopic (exact) mass is 430 g/mol. The van der Waals surface area contributed by atoms with Crippen LogP contribution in [0.3, 0.4) is 0 Å². The number of hydrogen-bond donors (Lipinski definition) is 1. The molecule has 5 rings (SSSR count). The van der Waals surface area contributed by atoms with Gasteiger partial charge in [-0.1, -0.05) is 73.0 Å². The summed E-state index contributed by atoms with van der Waals surface area (Å²) < 4.78 is 15.8. The number of carbonyl (C=O) groups excluding carboxylic acids is 1. The summed E-state index contributed by atoms with van der Waals surface area (Å²) in [6.07, 6.45) is 5.05. The van der Waals surface area contributed by atoms with Crippen LogP contribution in [-0.2, 0) is 11.3 Å². The summed E-state index contributed by atoms with van der Waals surface area (Å²) in [5, 5.41) is 11.4. The molecular formula is C24H23FN6O. The van der Waals surface area contributed by atoms with E-state index in [1.54, 1.807) is 18.2 Å². The van der Waals surface area contributed by atoms with E-state index < -0.39 is 0 Å². The Bertz CT molecular complexity index is 1250. The van der Waals surface area contributed by atoms with Crippen molar-refractivity contribution in [2.45, 2.75) is 38.6 Å². The smallest absolute Gasteiger partial charge is 0.228 e. The second kappa shape index (κ2) is 8.82. The first-order valence-electron chi connectivity index (χ1n) is 10.9. The first-order chi connectivity index (χ1) is 15.7. The quantitative estimate of drug-likeness (QED) is 0.500. The van der Waals surface area contributed by atoms with Crippen molar-refractivity contribution in [3.8, 4) is 11.4 Å². The molecule has 1 amide bonds. The Labute approximate surface area is 184 Å². The van der Waals surface area contributed by atoms with Crippen LogP contribution in [-0.4, -0.2) is 30.9 Å². The molecule has 8 heteroatoms. The molecule has 2 aromatic heterocycles. The molecule has 1 aliphatic carbocycles. The van der Waals surface area contributed by atoms with Crippen LogP contribution < -0.4 is 5.32 Å². The second-order valence-electron chi connectivity index (χ2n) is 8.10. The minimum Gasteiger partial charge on any atom is -0.308 e. The minimum absolute atomic E-state index is 0.0256. The number of benzene rings is 2. The van der Waals surface area contributed by atoms with E-state index in [2.05, 4.69) is 25.6 Å². The molecule has 1 N–H and O–H groups in total. The zero-order valence-corrected chi connectivity index (χ0v) is 17.5. The molecule has 1 aliphatic rings. The fraction of sp³-hybridized carbons (Fsp3) is 0.292. The molecule has 4 aromatic rings. The van der Waals surface area contributed by atoms with Gasteiger partial charge < -0.3 is 5.32 Å². The van der Waals surface area contributed by atoms with Crippen LogP contribution in [0.15, 0.2) is 54.6 Å². The normalized spacial score (nSPS) is 14.5. The van der Waals surface area contributed by atoms with Gasteiger partial charge in [-0.2, -0.15) is 0 Å². The number of hydrogen-bond acceptors (Lipinski definition) is 5. The molecular weight excluding hydrogens is 407 g/mol. The van der Waals surface area contributed by atoms with E-state index in [4.69, 9.17) is 0 Å². The summed E-state index contributed by atoms with van der Waals surface area (Å²) in [6, 6.07) is 16.1. The number of nitrogens with zero attached hydrogens (tertiary/aromatic N) is 5. The van der Waals surface area contributed by atoms with E-state index in [1.165, 1.54) is 17.2 Å². The third-order valence-electron chi connectivity index (χ3n) is 5.89. The topological polar surface area (TPSA) is 85.6 Å². The number of halogens is 1. The van der Waals surface area contributed by atoms with Gasteiger partial charge in [-0.25, -0.2) is 19.0 Å². The van der Waals surface area contributed by atoms with E-state index in [9.17, 15) is 9.18 Å². The molecule has 1 saturated carbocycles. The zero-order chi connectivity index (χ0) is 21.9. The van der Waals surface area contributed by atoms with Crippen LogP contribution in [0.25, 0.3) is 22.6 Å². The number of carbonyl (C=O) groups is 1. The van der Waals surface area contributed by atoms with Gasteiger partial charge in [-0.15, -0.1) is 5.10 Å². The second-order valence-corrected chi connectivity index (χ2v) is 8.10. The molecule has 0 radical (unpaired) electrons. The van der Waals surface area contributed by atoms with Crippen LogP contribution in [0.1, 0.15) is 37.7 Å². The number of amides is 1. The number of fused-ring (bicyclic) bond motifs is 1. The lowest BCUT2D eigenvalue weighted by Gasteiger charge is -2.20. The Kier molecular flexibility index (Phi) is 5.58. The van der Waals surface area contributed by atoms with Gasteiger partial charge in [0.2, 0.25) is 5.91 Å². The predicted molar refractivity (Wildman–Crippen MR) is 119 cm³/mol. The molecule has 0 unspecified atom stereocenters. The number of nitrogens with one attached hydrogen (secondary N) is 1. The lowest BCUT2D eigenvalue weighted by atomic mass is 9.89. The summed E-state index contributed by atoms with van der Waals surface area (Å²) in [5.41, 5.74) is 2.12. The van der Waals surface area contributed by atoms with E-state index in [0.29, 0.717) is 28.4 Å². The van der Waals surface area contributed by atoms with Gasteiger partial charge >= 0.3 is 0 Å². The molecule has 32 heavy (non-hydrogen) atoms. The molecule has 0 atom stereocenters. The molecule has 7 nitrogen and oxygen atoms in total. The van der Waals surface area contributed by atoms with E-state index in [1.807, 2.05) is 30.3 Å². The van der Waals surface area contributed by atoms with Crippen molar-refractivity contribution in [3.63, 3.8) is 0 Å². The van der Waals surface area contributed by atoms with Crippen LogP contribution in [0, 0.1) is 11.7 Å². The molecule has 0 spiro atoms. The molecule has 0 bridgehead atoms. The molecule has 1 fully saturated rings. The van der Waals surface area contributed by atoms with Crippen molar-refractivity contribution in [3.05, 3.63) is 66.0 Å². The van der Waals surface area contributed by atoms with Crippen LogP contribution >= 0.6 is 0 Å². The summed E-state index contributed by atoms with van der Waals surface area (Å²) >= 11 is 0. The van der Waals surface area contributed by atoms with Crippen molar-refractivity contribution in [1.82, 2.24) is 25.0 Å². The van der Waals surface area contributed by atoms with E-state index in [0.717, 1.165) is 31.2 Å². The van der Waals surface area contributed by atoms with E-state index in [-0.39, 0.29) is 24.2 Å². The lowest BCUT2D eigenvalue weighted by Crippen LogP contribution is -2.25. The highest BCUT2D eigenvalue weighted by Crippen LogP contribution is 2.28. The largest absolute Gasteiger partial charge is 0.308 e. The summed E-state index contributed by atoms with van der Waals surface area (Å²) in [6.45, 7) is 0.171. The van der Waals surface area contributed by atoms with Gasteiger partial charge in [-0.05, 0) is 18.9 Å². The Balaban J connectivity index is 1.56. The van der Waals surface area contributed by atoms with Crippen molar-refractivity contribution < 1.29 is 9.18 Å². The van der Waals surface area contributed by atoms with Gasteiger partial charge in [-0.3, -0.25) is 4.79 Å². The highest BCUT2D eigenvalue weighted by molar-refractivity contribution is 5.98. The maximum atomic E-state index is 14.2. The molecule has 0 aliphatic heterocycles. The Morgan fingerprint density at radius 2 is 1.75 bits per heavy atom. The van der Waals surface area contributed by atoms with Crippen LogP contribution in [0.2, 0.25) is 0 Å². The third-order valence-corrected chi connectivity index (χ3v) is 5.89. The first kappa shape index (κ1) is 20.2. The number of aromatic nitrogens is 5. The van der Waals surface area contributed by atoms with Gasteiger partial charge in [0, 0.05) is 17.0 Å². The Morgan fingerprint density at radius 1 is 1.00 bits per heavy atom. The van der Waals surface area contributed by atoms with Gasteiger partial charge in [0.15, 0.2) is 22.8 Å². The van der Waals surface area contributed by atoms with Crippen molar-refractivity contribution in [2.75, 3.05) is 5.32 Å². The molecule has 162 valence electrons. The van der Waals surface area contributed by atoms with Crippen molar-refractivity contribution in [1.29, 1.82) is 0 Å². The van der Waals surface area contributed by atoms with Gasteiger partial charge in [0.05, 0.1) is 6.54 Å².